The molecule has 0 aliphatic rings. The molecule has 0 amide bonds. The van der Waals surface area contributed by atoms with Crippen LogP contribution in [-0.2, 0) is 0 Å². The van der Waals surface area contributed by atoms with E-state index in [1.807, 2.05) is 0 Å². The minimum Gasteiger partial charge on any atom is -0.396 e. The van der Waals surface area contributed by atoms with Crippen LogP contribution in [0.5, 0.6) is 0 Å². The quantitative estimate of drug-likeness (QED) is 0.680. The Labute approximate surface area is 89.8 Å². The molecule has 0 saturated carbocycles. The molecule has 90 valence electrons. The molecule has 16 heavy (non-hydrogen) atoms. The van der Waals surface area contributed by atoms with E-state index < -0.39 is 41.8 Å². The van der Waals surface area contributed by atoms with Crippen molar-refractivity contribution in [2.75, 3.05) is 6.61 Å². The van der Waals surface area contributed by atoms with Gasteiger partial charge in [-0.15, -0.1) is 0 Å². The minimum absolute atomic E-state index is 0.223. The molecule has 0 bridgehead atoms. The SMILES string of the molecule is OCCC(O)C(O)c1cc(F)cc(F)c1F. The van der Waals surface area contributed by atoms with Crippen molar-refractivity contribution >= 4 is 0 Å². The number of rotatable bonds is 4. The van der Waals surface area contributed by atoms with Gasteiger partial charge in [-0.25, -0.2) is 13.2 Å². The Morgan fingerprint density at radius 1 is 1.12 bits per heavy atom. The Bertz CT molecular complexity index is 371. The summed E-state index contributed by atoms with van der Waals surface area (Å²) in [5, 5.41) is 27.2. The van der Waals surface area contributed by atoms with E-state index in [9.17, 15) is 23.4 Å². The van der Waals surface area contributed by atoms with E-state index in [0.29, 0.717) is 12.1 Å². The van der Waals surface area contributed by atoms with Crippen molar-refractivity contribution < 1.29 is 28.5 Å². The molecule has 0 heterocycles. The molecule has 2 atom stereocenters. The van der Waals surface area contributed by atoms with Gasteiger partial charge < -0.3 is 15.3 Å². The first-order chi connectivity index (χ1) is 7.47. The predicted molar refractivity (Wildman–Crippen MR) is 49.0 cm³/mol. The van der Waals surface area contributed by atoms with Gasteiger partial charge in [0.05, 0.1) is 6.10 Å². The van der Waals surface area contributed by atoms with Crippen LogP contribution in [0.1, 0.15) is 18.1 Å². The van der Waals surface area contributed by atoms with Gasteiger partial charge in [0.15, 0.2) is 11.6 Å². The van der Waals surface area contributed by atoms with E-state index in [1.165, 1.54) is 0 Å². The first-order valence-corrected chi connectivity index (χ1v) is 4.58. The molecule has 3 N–H and O–H groups in total. The second kappa shape index (κ2) is 5.29. The molecule has 0 saturated heterocycles. The van der Waals surface area contributed by atoms with E-state index in [4.69, 9.17) is 5.11 Å². The highest BCUT2D eigenvalue weighted by Gasteiger charge is 2.23. The Morgan fingerprint density at radius 2 is 1.75 bits per heavy atom. The minimum atomic E-state index is -1.78. The van der Waals surface area contributed by atoms with Crippen LogP contribution in [0.25, 0.3) is 0 Å². The summed E-state index contributed by atoms with van der Waals surface area (Å²) in [5.74, 6) is -3.90. The highest BCUT2D eigenvalue weighted by molar-refractivity contribution is 5.23. The van der Waals surface area contributed by atoms with Crippen molar-refractivity contribution in [2.24, 2.45) is 0 Å². The molecule has 1 aromatic rings. The van der Waals surface area contributed by atoms with Gasteiger partial charge in [0, 0.05) is 18.2 Å². The van der Waals surface area contributed by atoms with Crippen molar-refractivity contribution in [1.82, 2.24) is 0 Å². The summed E-state index contributed by atoms with van der Waals surface area (Å²) in [6.45, 7) is -0.433. The van der Waals surface area contributed by atoms with Crippen molar-refractivity contribution in [3.8, 4) is 0 Å². The molecule has 1 rings (SSSR count). The second-order valence-corrected chi connectivity index (χ2v) is 3.32. The zero-order valence-corrected chi connectivity index (χ0v) is 8.20. The van der Waals surface area contributed by atoms with Gasteiger partial charge in [0.1, 0.15) is 11.9 Å². The zero-order valence-electron chi connectivity index (χ0n) is 8.20. The standard InChI is InChI=1S/C10H11F3O3/c11-5-3-6(9(13)7(12)4-5)10(16)8(15)1-2-14/h3-4,8,10,14-16H,1-2H2. The third-order valence-corrected chi connectivity index (χ3v) is 2.13. The maximum atomic E-state index is 13.2. The largest absolute Gasteiger partial charge is 0.396 e. The molecule has 0 aliphatic carbocycles. The van der Waals surface area contributed by atoms with Crippen molar-refractivity contribution in [3.63, 3.8) is 0 Å². The molecule has 0 aromatic heterocycles. The molecule has 3 nitrogen and oxygen atoms in total. The smallest absolute Gasteiger partial charge is 0.164 e. The Hall–Kier alpha value is -1.11. The molecular formula is C10H11F3O3. The maximum Gasteiger partial charge on any atom is 0.164 e. The van der Waals surface area contributed by atoms with Crippen LogP contribution in [0.4, 0.5) is 13.2 Å². The van der Waals surface area contributed by atoms with Crippen LogP contribution in [0.15, 0.2) is 12.1 Å². The summed E-state index contributed by atoms with van der Waals surface area (Å²) in [5.41, 5.74) is -0.668. The Balaban J connectivity index is 3.03. The third kappa shape index (κ3) is 2.72. The Morgan fingerprint density at radius 3 is 2.31 bits per heavy atom. The lowest BCUT2D eigenvalue weighted by molar-refractivity contribution is 0.00188. The molecule has 6 heteroatoms. The number of aliphatic hydroxyl groups is 3. The fourth-order valence-electron chi connectivity index (χ4n) is 1.29. The van der Waals surface area contributed by atoms with E-state index in [1.54, 1.807) is 0 Å². The molecule has 0 fully saturated rings. The van der Waals surface area contributed by atoms with E-state index in [0.717, 1.165) is 0 Å². The molecule has 1 aromatic carbocycles. The van der Waals surface area contributed by atoms with Crippen molar-refractivity contribution in [1.29, 1.82) is 0 Å². The molecule has 0 aliphatic heterocycles. The number of hydrogen-bond donors (Lipinski definition) is 3. The van der Waals surface area contributed by atoms with Crippen LogP contribution in [0.3, 0.4) is 0 Å². The van der Waals surface area contributed by atoms with Crippen LogP contribution in [-0.4, -0.2) is 28.0 Å². The van der Waals surface area contributed by atoms with Crippen molar-refractivity contribution in [2.45, 2.75) is 18.6 Å². The highest BCUT2D eigenvalue weighted by Crippen LogP contribution is 2.24. The van der Waals surface area contributed by atoms with Crippen LogP contribution < -0.4 is 0 Å². The fourth-order valence-corrected chi connectivity index (χ4v) is 1.29. The molecule has 2 unspecified atom stereocenters. The van der Waals surface area contributed by atoms with Gasteiger partial charge in [-0.1, -0.05) is 0 Å². The molecule has 0 radical (unpaired) electrons. The summed E-state index contributed by atoms with van der Waals surface area (Å²) in [6, 6.07) is 0.938. The fraction of sp³-hybridized carbons (Fsp3) is 0.400. The first-order valence-electron chi connectivity index (χ1n) is 4.58. The average Bonchev–Trinajstić information content (AvgIpc) is 2.22. The summed E-state index contributed by atoms with van der Waals surface area (Å²) in [6.07, 6.45) is -3.49. The second-order valence-electron chi connectivity index (χ2n) is 3.32. The topological polar surface area (TPSA) is 60.7 Å². The lowest BCUT2D eigenvalue weighted by Crippen LogP contribution is -2.21. The van der Waals surface area contributed by atoms with Crippen LogP contribution in [0, 0.1) is 17.5 Å². The van der Waals surface area contributed by atoms with E-state index >= 15 is 0 Å². The molecular weight excluding hydrogens is 225 g/mol. The monoisotopic (exact) mass is 236 g/mol. The van der Waals surface area contributed by atoms with Gasteiger partial charge in [0.25, 0.3) is 0 Å². The van der Waals surface area contributed by atoms with Gasteiger partial charge in [-0.05, 0) is 12.5 Å². The van der Waals surface area contributed by atoms with Crippen LogP contribution >= 0.6 is 0 Å². The number of hydrogen-bond acceptors (Lipinski definition) is 3. The summed E-state index contributed by atoms with van der Waals surface area (Å²) in [7, 11) is 0. The molecule has 0 spiro atoms. The lowest BCUT2D eigenvalue weighted by Gasteiger charge is -2.18. The number of aliphatic hydroxyl groups excluding tert-OH is 3. The van der Waals surface area contributed by atoms with Gasteiger partial charge in [0.2, 0.25) is 0 Å². The van der Waals surface area contributed by atoms with E-state index in [2.05, 4.69) is 0 Å². The summed E-state index contributed by atoms with van der Waals surface area (Å²) < 4.78 is 38.7. The highest BCUT2D eigenvalue weighted by atomic mass is 19.2. The van der Waals surface area contributed by atoms with E-state index in [-0.39, 0.29) is 6.42 Å². The normalized spacial score (nSPS) is 14.9. The third-order valence-electron chi connectivity index (χ3n) is 2.13. The van der Waals surface area contributed by atoms with Gasteiger partial charge in [-0.3, -0.25) is 0 Å². The Kier molecular flexibility index (Phi) is 4.28. The van der Waals surface area contributed by atoms with Crippen LogP contribution in [0.2, 0.25) is 0 Å². The maximum absolute atomic E-state index is 13.2. The number of halogens is 3. The lowest BCUT2D eigenvalue weighted by atomic mass is 10.0. The predicted octanol–water partition coefficient (Wildman–Crippen LogP) is 0.881. The first kappa shape index (κ1) is 13.0. The average molecular weight is 236 g/mol. The summed E-state index contributed by atoms with van der Waals surface area (Å²) in [4.78, 5) is 0. The van der Waals surface area contributed by atoms with Crippen molar-refractivity contribution in [3.05, 3.63) is 35.1 Å². The zero-order chi connectivity index (χ0) is 12.3. The van der Waals surface area contributed by atoms with Gasteiger partial charge >= 0.3 is 0 Å². The summed E-state index contributed by atoms with van der Waals surface area (Å²) >= 11 is 0. The number of benzene rings is 1. The van der Waals surface area contributed by atoms with Gasteiger partial charge in [-0.2, -0.15) is 0 Å².